The largest absolute Gasteiger partial charge is 0.444 e. The molecule has 0 unspecified atom stereocenters. The third kappa shape index (κ3) is 8.02. The summed E-state index contributed by atoms with van der Waals surface area (Å²) >= 11 is 0. The van der Waals surface area contributed by atoms with Gasteiger partial charge >= 0.3 is 6.09 Å². The number of aromatic nitrogens is 2. The molecule has 0 aliphatic carbocycles. The van der Waals surface area contributed by atoms with Crippen molar-refractivity contribution in [2.75, 3.05) is 46.4 Å². The van der Waals surface area contributed by atoms with E-state index in [1.54, 1.807) is 12.0 Å². The summed E-state index contributed by atoms with van der Waals surface area (Å²) in [7, 11) is 1.70. The number of rotatable bonds is 11. The van der Waals surface area contributed by atoms with Gasteiger partial charge in [-0.1, -0.05) is 26.0 Å². The van der Waals surface area contributed by atoms with Crippen LogP contribution in [0.3, 0.4) is 0 Å². The molecule has 2 saturated heterocycles. The monoisotopic (exact) mass is 583 g/mol. The number of piperidine rings is 1. The van der Waals surface area contributed by atoms with Crippen molar-refractivity contribution in [3.05, 3.63) is 30.1 Å². The number of aryl methyl sites for hydroxylation is 1. The van der Waals surface area contributed by atoms with Gasteiger partial charge in [0, 0.05) is 59.4 Å². The Morgan fingerprint density at radius 1 is 1.14 bits per heavy atom. The number of benzene rings is 1. The van der Waals surface area contributed by atoms with E-state index in [0.29, 0.717) is 58.0 Å². The molecule has 4 rings (SSSR count). The minimum Gasteiger partial charge on any atom is -0.444 e. The smallest absolute Gasteiger partial charge is 0.410 e. The fourth-order valence-electron chi connectivity index (χ4n) is 6.12. The summed E-state index contributed by atoms with van der Waals surface area (Å²) in [6.45, 7) is 13.8. The van der Waals surface area contributed by atoms with Gasteiger partial charge in [0.2, 0.25) is 5.91 Å². The van der Waals surface area contributed by atoms with E-state index < -0.39 is 5.60 Å². The van der Waals surface area contributed by atoms with Crippen molar-refractivity contribution in [3.63, 3.8) is 0 Å². The zero-order valence-electron chi connectivity index (χ0n) is 26.3. The zero-order chi connectivity index (χ0) is 30.4. The van der Waals surface area contributed by atoms with Crippen molar-refractivity contribution in [3.8, 4) is 0 Å². The van der Waals surface area contributed by atoms with Crippen molar-refractivity contribution in [2.45, 2.75) is 84.9 Å². The van der Waals surface area contributed by atoms with Crippen LogP contribution in [0.2, 0.25) is 0 Å². The summed E-state index contributed by atoms with van der Waals surface area (Å²) in [5.41, 5.74) is 1.10. The van der Waals surface area contributed by atoms with Gasteiger partial charge in [0.15, 0.2) is 5.82 Å². The van der Waals surface area contributed by atoms with Gasteiger partial charge in [0.25, 0.3) is 5.91 Å². The Hall–Kier alpha value is -3.14. The second-order valence-corrected chi connectivity index (χ2v) is 13.2. The van der Waals surface area contributed by atoms with Crippen molar-refractivity contribution in [1.82, 2.24) is 24.3 Å². The molecular weight excluding hydrogens is 534 g/mol. The molecule has 2 aliphatic heterocycles. The van der Waals surface area contributed by atoms with Crippen molar-refractivity contribution in [1.29, 1.82) is 0 Å². The van der Waals surface area contributed by atoms with Gasteiger partial charge in [-0.25, -0.2) is 9.78 Å². The van der Waals surface area contributed by atoms with Gasteiger partial charge in [-0.15, -0.1) is 0 Å². The van der Waals surface area contributed by atoms with Gasteiger partial charge in [0.05, 0.1) is 17.1 Å². The molecule has 0 saturated carbocycles. The summed E-state index contributed by atoms with van der Waals surface area (Å²) in [5.74, 6) is 0.712. The van der Waals surface area contributed by atoms with Crippen LogP contribution < -0.4 is 0 Å². The first kappa shape index (κ1) is 31.8. The first-order chi connectivity index (χ1) is 20.0. The Bertz CT molecular complexity index is 1240. The molecule has 3 heterocycles. The average molecular weight is 584 g/mol. The SMILES string of the molecule is COCCCCn1c(C(=O)N(CC(C)C)[C@H]2C[C@@H](CN3CCCC3=O)CN(C(=O)OC(C)(C)C)C2)nc2ccccc21. The van der Waals surface area contributed by atoms with Crippen molar-refractivity contribution in [2.24, 2.45) is 11.8 Å². The third-order valence-electron chi connectivity index (χ3n) is 7.91. The summed E-state index contributed by atoms with van der Waals surface area (Å²) in [6, 6.07) is 7.63. The Kier molecular flexibility index (Phi) is 10.5. The molecule has 1 aromatic heterocycles. The number of methoxy groups -OCH3 is 1. The Morgan fingerprint density at radius 2 is 1.90 bits per heavy atom. The third-order valence-corrected chi connectivity index (χ3v) is 7.91. The second kappa shape index (κ2) is 13.9. The number of hydrogen-bond donors (Lipinski definition) is 0. The normalized spacial score (nSPS) is 19.6. The van der Waals surface area contributed by atoms with Crippen LogP contribution in [0, 0.1) is 11.8 Å². The molecule has 2 atom stereocenters. The van der Waals surface area contributed by atoms with Crippen molar-refractivity contribution < 1.29 is 23.9 Å². The summed E-state index contributed by atoms with van der Waals surface area (Å²) in [5, 5.41) is 0. The number of unbranched alkanes of at least 4 members (excludes halogenated alkanes) is 1. The Balaban J connectivity index is 1.66. The van der Waals surface area contributed by atoms with Gasteiger partial charge in [-0.2, -0.15) is 0 Å². The van der Waals surface area contributed by atoms with Crippen molar-refractivity contribution >= 4 is 28.9 Å². The summed E-state index contributed by atoms with van der Waals surface area (Å²) < 4.78 is 13.1. The number of carbonyl (C=O) groups excluding carboxylic acids is 3. The van der Waals surface area contributed by atoms with Gasteiger partial charge < -0.3 is 28.7 Å². The Morgan fingerprint density at radius 3 is 2.57 bits per heavy atom. The minimum absolute atomic E-state index is 0.0358. The number of carbonyl (C=O) groups is 3. The van der Waals surface area contributed by atoms with Crippen LogP contribution in [0.1, 0.15) is 77.3 Å². The van der Waals surface area contributed by atoms with Gasteiger partial charge in [-0.3, -0.25) is 9.59 Å². The van der Waals surface area contributed by atoms with E-state index in [9.17, 15) is 14.4 Å². The van der Waals surface area contributed by atoms with Crippen LogP contribution in [0.15, 0.2) is 24.3 Å². The molecular formula is C32H49N5O5. The number of nitrogens with zero attached hydrogens (tertiary/aromatic N) is 5. The molecule has 2 aliphatic rings. The van der Waals surface area contributed by atoms with E-state index in [-0.39, 0.29) is 35.8 Å². The maximum atomic E-state index is 14.5. The standard InChI is InChI=1S/C32H49N5O5/c1-23(2)19-37(30(39)29-33-26-12-7-8-13-27(26)36(29)16-9-10-17-41-6)25-18-24(20-34-15-11-14-28(34)38)21-35(22-25)31(40)42-32(3,4)5/h7-8,12-13,23-25H,9-11,14-22H2,1-6H3/t24-,25-/m0/s1. The summed E-state index contributed by atoms with van der Waals surface area (Å²) in [6.07, 6.45) is 3.51. The highest BCUT2D eigenvalue weighted by Crippen LogP contribution is 2.28. The number of amides is 3. The van der Waals surface area contributed by atoms with E-state index in [0.717, 1.165) is 36.8 Å². The van der Waals surface area contributed by atoms with Crippen LogP contribution in [0.5, 0.6) is 0 Å². The number of fused-ring (bicyclic) bond motifs is 1. The molecule has 232 valence electrons. The van der Waals surface area contributed by atoms with E-state index in [4.69, 9.17) is 14.5 Å². The topological polar surface area (TPSA) is 97.2 Å². The van der Waals surface area contributed by atoms with E-state index >= 15 is 0 Å². The predicted molar refractivity (Wildman–Crippen MR) is 162 cm³/mol. The maximum Gasteiger partial charge on any atom is 0.410 e. The molecule has 2 fully saturated rings. The molecule has 42 heavy (non-hydrogen) atoms. The van der Waals surface area contributed by atoms with Gasteiger partial charge in [0.1, 0.15) is 5.60 Å². The lowest BCUT2D eigenvalue weighted by atomic mass is 9.92. The molecule has 1 aromatic carbocycles. The highest BCUT2D eigenvalue weighted by Gasteiger charge is 2.39. The summed E-state index contributed by atoms with van der Waals surface area (Å²) in [4.78, 5) is 50.7. The number of imidazole rings is 1. The average Bonchev–Trinajstić information content (AvgIpc) is 3.51. The fraction of sp³-hybridized carbons (Fsp3) is 0.688. The maximum absolute atomic E-state index is 14.5. The number of hydrogen-bond acceptors (Lipinski definition) is 6. The zero-order valence-corrected chi connectivity index (χ0v) is 26.3. The molecule has 10 heteroatoms. The first-order valence-electron chi connectivity index (χ1n) is 15.5. The lowest BCUT2D eigenvalue weighted by Gasteiger charge is -2.44. The number of ether oxygens (including phenoxy) is 2. The predicted octanol–water partition coefficient (Wildman–Crippen LogP) is 4.81. The van der Waals surface area contributed by atoms with Crippen LogP contribution in [0.25, 0.3) is 11.0 Å². The quantitative estimate of drug-likeness (QED) is 0.352. The van der Waals surface area contributed by atoms with E-state index in [2.05, 4.69) is 13.8 Å². The molecule has 0 spiro atoms. The number of para-hydroxylation sites is 2. The van der Waals surface area contributed by atoms with Crippen LogP contribution in [-0.2, 0) is 20.8 Å². The first-order valence-corrected chi connectivity index (χ1v) is 15.5. The minimum atomic E-state index is -0.633. The lowest BCUT2D eigenvalue weighted by molar-refractivity contribution is -0.128. The Labute approximate surface area is 250 Å². The molecule has 0 N–H and O–H groups in total. The van der Waals surface area contributed by atoms with Gasteiger partial charge in [-0.05, 0) is 70.4 Å². The highest BCUT2D eigenvalue weighted by atomic mass is 16.6. The number of likely N-dealkylation sites (tertiary alicyclic amines) is 2. The fourth-order valence-corrected chi connectivity index (χ4v) is 6.12. The van der Waals surface area contributed by atoms with E-state index in [1.165, 1.54) is 0 Å². The van der Waals surface area contributed by atoms with E-state index in [1.807, 2.05) is 59.4 Å². The molecule has 3 amide bonds. The molecule has 0 radical (unpaired) electrons. The highest BCUT2D eigenvalue weighted by molar-refractivity contribution is 5.95. The molecule has 10 nitrogen and oxygen atoms in total. The van der Waals surface area contributed by atoms with Crippen LogP contribution >= 0.6 is 0 Å². The molecule has 2 aromatic rings. The second-order valence-electron chi connectivity index (χ2n) is 13.2. The lowest BCUT2D eigenvalue weighted by Crippen LogP contribution is -2.57. The van der Waals surface area contributed by atoms with Crippen LogP contribution in [0.4, 0.5) is 4.79 Å². The van der Waals surface area contributed by atoms with Crippen LogP contribution in [-0.4, -0.2) is 100 Å². The molecule has 0 bridgehead atoms.